The minimum atomic E-state index is -0.534. The number of hydrogen-bond donors (Lipinski definition) is 0. The molecule has 0 saturated carbocycles. The molecule has 0 saturated heterocycles. The van der Waals surface area contributed by atoms with Crippen LogP contribution in [0.15, 0.2) is 48.5 Å². The molecule has 0 radical (unpaired) electrons. The number of benzene rings is 2. The number of nitrogens with zero attached hydrogens (tertiary/aromatic N) is 1. The zero-order valence-corrected chi connectivity index (χ0v) is 12.9. The fraction of sp³-hybridized carbons (Fsp3) is 0.235. The van der Waals surface area contributed by atoms with E-state index in [2.05, 4.69) is 0 Å². The molecule has 0 heterocycles. The summed E-state index contributed by atoms with van der Waals surface area (Å²) in [4.78, 5) is 22.5. The second-order valence-electron chi connectivity index (χ2n) is 5.17. The van der Waals surface area contributed by atoms with Gasteiger partial charge in [-0.05, 0) is 31.5 Å². The van der Waals surface area contributed by atoms with E-state index >= 15 is 0 Å². The Hall–Kier alpha value is -2.89. The number of ether oxygens (including phenoxy) is 2. The van der Waals surface area contributed by atoms with Gasteiger partial charge in [0, 0.05) is 12.1 Å². The number of carbonyl (C=O) groups excluding carboxylic acids is 1. The quantitative estimate of drug-likeness (QED) is 0.461. The summed E-state index contributed by atoms with van der Waals surface area (Å²) in [6, 6.07) is 12.8. The van der Waals surface area contributed by atoms with Crippen LogP contribution in [0.2, 0.25) is 0 Å². The van der Waals surface area contributed by atoms with Gasteiger partial charge in [-0.15, -0.1) is 0 Å². The first-order chi connectivity index (χ1) is 11.0. The van der Waals surface area contributed by atoms with Gasteiger partial charge >= 0.3 is 5.97 Å². The summed E-state index contributed by atoms with van der Waals surface area (Å²) >= 11 is 0. The van der Waals surface area contributed by atoms with E-state index in [4.69, 9.17) is 9.47 Å². The molecule has 0 atom stereocenters. The molecule has 0 aliphatic heterocycles. The Labute approximate surface area is 133 Å². The summed E-state index contributed by atoms with van der Waals surface area (Å²) < 4.78 is 10.8. The van der Waals surface area contributed by atoms with Crippen molar-refractivity contribution < 1.29 is 19.2 Å². The average Bonchev–Trinajstić information content (AvgIpc) is 2.53. The van der Waals surface area contributed by atoms with E-state index < -0.39 is 10.9 Å². The molecule has 120 valence electrons. The molecule has 0 N–H and O–H groups in total. The van der Waals surface area contributed by atoms with Crippen molar-refractivity contribution in [3.8, 4) is 5.75 Å². The average molecular weight is 315 g/mol. The van der Waals surface area contributed by atoms with Crippen LogP contribution in [0.3, 0.4) is 0 Å². The van der Waals surface area contributed by atoms with E-state index in [1.54, 1.807) is 36.4 Å². The molecule has 0 spiro atoms. The number of esters is 1. The maximum Gasteiger partial charge on any atom is 0.342 e. The summed E-state index contributed by atoms with van der Waals surface area (Å²) in [5, 5.41) is 10.7. The molecule has 23 heavy (non-hydrogen) atoms. The first-order valence-electron chi connectivity index (χ1n) is 7.13. The second-order valence-corrected chi connectivity index (χ2v) is 5.17. The fourth-order valence-corrected chi connectivity index (χ4v) is 1.98. The highest BCUT2D eigenvalue weighted by Crippen LogP contribution is 2.21. The van der Waals surface area contributed by atoms with Crippen molar-refractivity contribution in [2.24, 2.45) is 0 Å². The molecule has 0 amide bonds. The normalized spacial score (nSPS) is 10.4. The van der Waals surface area contributed by atoms with Crippen LogP contribution in [0.5, 0.6) is 5.75 Å². The van der Waals surface area contributed by atoms with Crippen LogP contribution in [0.4, 0.5) is 5.69 Å². The van der Waals surface area contributed by atoms with Gasteiger partial charge in [0.2, 0.25) is 0 Å². The number of carbonyl (C=O) groups is 1. The third-order valence-electron chi connectivity index (χ3n) is 2.96. The van der Waals surface area contributed by atoms with Crippen molar-refractivity contribution in [1.82, 2.24) is 0 Å². The maximum absolute atomic E-state index is 12.2. The van der Waals surface area contributed by atoms with Gasteiger partial charge in [0.1, 0.15) is 17.9 Å². The number of non-ortho nitro benzene ring substituents is 1. The molecule has 0 aromatic heterocycles. The molecule has 6 heteroatoms. The van der Waals surface area contributed by atoms with Gasteiger partial charge in [-0.3, -0.25) is 10.1 Å². The summed E-state index contributed by atoms with van der Waals surface area (Å²) in [6.45, 7) is 3.69. The van der Waals surface area contributed by atoms with Crippen molar-refractivity contribution >= 4 is 11.7 Å². The molecule has 2 aromatic rings. The third-order valence-corrected chi connectivity index (χ3v) is 2.96. The second kappa shape index (κ2) is 7.40. The smallest absolute Gasteiger partial charge is 0.342 e. The molecule has 0 fully saturated rings. The lowest BCUT2D eigenvalue weighted by Crippen LogP contribution is -2.12. The zero-order chi connectivity index (χ0) is 16.8. The Kier molecular flexibility index (Phi) is 5.30. The highest BCUT2D eigenvalue weighted by molar-refractivity contribution is 5.92. The van der Waals surface area contributed by atoms with Crippen LogP contribution in [-0.4, -0.2) is 17.0 Å². The van der Waals surface area contributed by atoms with Gasteiger partial charge < -0.3 is 9.47 Å². The lowest BCUT2D eigenvalue weighted by Gasteiger charge is -2.13. The van der Waals surface area contributed by atoms with Crippen molar-refractivity contribution in [2.45, 2.75) is 26.6 Å². The molecule has 0 aliphatic rings. The van der Waals surface area contributed by atoms with E-state index in [-0.39, 0.29) is 18.4 Å². The molecule has 2 aromatic carbocycles. The molecule has 6 nitrogen and oxygen atoms in total. The number of para-hydroxylation sites is 1. The van der Waals surface area contributed by atoms with Crippen LogP contribution < -0.4 is 4.74 Å². The van der Waals surface area contributed by atoms with Gasteiger partial charge in [-0.2, -0.15) is 0 Å². The van der Waals surface area contributed by atoms with Crippen LogP contribution >= 0.6 is 0 Å². The highest BCUT2D eigenvalue weighted by atomic mass is 16.6. The molecular formula is C17H17NO5. The first kappa shape index (κ1) is 16.5. The molecule has 0 aliphatic carbocycles. The van der Waals surface area contributed by atoms with E-state index in [0.717, 1.165) is 0 Å². The number of nitro benzene ring substituents is 1. The van der Waals surface area contributed by atoms with Crippen LogP contribution in [0, 0.1) is 10.1 Å². The predicted molar refractivity (Wildman–Crippen MR) is 84.4 cm³/mol. The Morgan fingerprint density at radius 1 is 1.17 bits per heavy atom. The van der Waals surface area contributed by atoms with Gasteiger partial charge in [0.15, 0.2) is 0 Å². The van der Waals surface area contributed by atoms with Gasteiger partial charge in [-0.25, -0.2) is 4.79 Å². The van der Waals surface area contributed by atoms with E-state index in [9.17, 15) is 14.9 Å². The van der Waals surface area contributed by atoms with Gasteiger partial charge in [0.05, 0.1) is 11.0 Å². The van der Waals surface area contributed by atoms with Crippen LogP contribution in [0.25, 0.3) is 0 Å². The fourth-order valence-electron chi connectivity index (χ4n) is 1.98. The Morgan fingerprint density at radius 3 is 2.61 bits per heavy atom. The topological polar surface area (TPSA) is 78.7 Å². The minimum Gasteiger partial charge on any atom is -0.490 e. The van der Waals surface area contributed by atoms with Crippen LogP contribution in [-0.2, 0) is 11.3 Å². The van der Waals surface area contributed by atoms with Crippen molar-refractivity contribution in [3.05, 3.63) is 69.8 Å². The Balaban J connectivity index is 2.08. The summed E-state index contributed by atoms with van der Waals surface area (Å²) in [7, 11) is 0. The zero-order valence-electron chi connectivity index (χ0n) is 12.9. The summed E-state index contributed by atoms with van der Waals surface area (Å²) in [5.41, 5.74) is 0.837. The number of rotatable bonds is 6. The van der Waals surface area contributed by atoms with Crippen molar-refractivity contribution in [1.29, 1.82) is 0 Å². The monoisotopic (exact) mass is 315 g/mol. The molecule has 0 bridgehead atoms. The van der Waals surface area contributed by atoms with Gasteiger partial charge in [-0.1, -0.05) is 24.3 Å². The Morgan fingerprint density at radius 2 is 1.91 bits per heavy atom. The minimum absolute atomic E-state index is 0.0397. The molecule has 2 rings (SSSR count). The lowest BCUT2D eigenvalue weighted by molar-refractivity contribution is -0.384. The van der Waals surface area contributed by atoms with Crippen LogP contribution in [0.1, 0.15) is 29.8 Å². The largest absolute Gasteiger partial charge is 0.490 e. The first-order valence-corrected chi connectivity index (χ1v) is 7.13. The number of hydrogen-bond acceptors (Lipinski definition) is 5. The van der Waals surface area contributed by atoms with Gasteiger partial charge in [0.25, 0.3) is 5.69 Å². The summed E-state index contributed by atoms with van der Waals surface area (Å²) in [5.74, 6) is -0.0840. The lowest BCUT2D eigenvalue weighted by atomic mass is 10.2. The maximum atomic E-state index is 12.2. The highest BCUT2D eigenvalue weighted by Gasteiger charge is 2.15. The standard InChI is InChI=1S/C17H17NO5/c1-12(2)23-16-9-4-3-8-15(16)17(19)22-11-13-6-5-7-14(10-13)18(20)21/h3-10,12H,11H2,1-2H3. The summed E-state index contributed by atoms with van der Waals surface area (Å²) in [6.07, 6.45) is -0.0688. The van der Waals surface area contributed by atoms with E-state index in [1.165, 1.54) is 12.1 Å². The Bertz CT molecular complexity index is 712. The predicted octanol–water partition coefficient (Wildman–Crippen LogP) is 3.74. The van der Waals surface area contributed by atoms with Crippen molar-refractivity contribution in [2.75, 3.05) is 0 Å². The molecule has 0 unspecified atom stereocenters. The number of nitro groups is 1. The molecular weight excluding hydrogens is 298 g/mol. The van der Waals surface area contributed by atoms with E-state index in [0.29, 0.717) is 16.9 Å². The third kappa shape index (κ3) is 4.54. The van der Waals surface area contributed by atoms with Crippen molar-refractivity contribution in [3.63, 3.8) is 0 Å². The van der Waals surface area contributed by atoms with E-state index in [1.807, 2.05) is 13.8 Å². The SMILES string of the molecule is CC(C)Oc1ccccc1C(=O)OCc1cccc([N+](=O)[O-])c1.